The number of ether oxygens (including phenoxy) is 1. The summed E-state index contributed by atoms with van der Waals surface area (Å²) in [6.45, 7) is 1.80. The fourth-order valence-corrected chi connectivity index (χ4v) is 2.67. The minimum atomic E-state index is -4.56. The molecule has 1 aliphatic carbocycles. The third kappa shape index (κ3) is 4.53. The number of anilines is 1. The molecule has 2 N–H and O–H groups in total. The topological polar surface area (TPSA) is 91.2 Å². The summed E-state index contributed by atoms with van der Waals surface area (Å²) in [5, 5.41) is 4.20. The van der Waals surface area contributed by atoms with Gasteiger partial charge in [0.15, 0.2) is 5.69 Å². The Labute approximate surface area is 164 Å². The van der Waals surface area contributed by atoms with E-state index < -0.39 is 11.9 Å². The number of hydrogen-bond acceptors (Lipinski definition) is 6. The maximum Gasteiger partial charge on any atom is 0.433 e. The fourth-order valence-electron chi connectivity index (χ4n) is 2.67. The fraction of sp³-hybridized carbons (Fsp3) is 0.263. The van der Waals surface area contributed by atoms with Crippen LogP contribution in [0.25, 0.3) is 0 Å². The Kier molecular flexibility index (Phi) is 4.69. The molecule has 0 bridgehead atoms. The van der Waals surface area contributed by atoms with E-state index >= 15 is 0 Å². The number of nitrogen functional groups attached to an aromatic ring is 1. The zero-order valence-corrected chi connectivity index (χ0v) is 15.4. The molecule has 0 radical (unpaired) electrons. The molecule has 150 valence electrons. The van der Waals surface area contributed by atoms with Gasteiger partial charge in [-0.15, -0.1) is 0 Å². The second kappa shape index (κ2) is 7.19. The van der Waals surface area contributed by atoms with Crippen molar-refractivity contribution < 1.29 is 17.9 Å². The highest BCUT2D eigenvalue weighted by Gasteiger charge is 2.36. The number of nitrogens with zero attached hydrogens (tertiary/aromatic N) is 5. The number of rotatable bonds is 5. The SMILES string of the molecule is Cc1cn(N=Cc2ccc(Oc3nc(C4CC4)cc(C(F)(F)F)n3)cc2)c(N)n1. The third-order valence-corrected chi connectivity index (χ3v) is 4.27. The number of halogens is 3. The summed E-state index contributed by atoms with van der Waals surface area (Å²) in [5.74, 6) is 0.632. The molecule has 7 nitrogen and oxygen atoms in total. The van der Waals surface area contributed by atoms with Gasteiger partial charge in [-0.25, -0.2) is 9.66 Å². The minimum absolute atomic E-state index is 0.0410. The Bertz CT molecular complexity index is 1050. The average Bonchev–Trinajstić information content (AvgIpc) is 3.45. The van der Waals surface area contributed by atoms with E-state index in [0.29, 0.717) is 11.4 Å². The van der Waals surface area contributed by atoms with Gasteiger partial charge in [-0.3, -0.25) is 0 Å². The summed E-state index contributed by atoms with van der Waals surface area (Å²) < 4.78 is 46.2. The van der Waals surface area contributed by atoms with Crippen LogP contribution in [0.3, 0.4) is 0 Å². The number of aryl methyl sites for hydroxylation is 1. The van der Waals surface area contributed by atoms with Crippen LogP contribution >= 0.6 is 0 Å². The molecule has 0 aliphatic heterocycles. The lowest BCUT2D eigenvalue weighted by atomic mass is 10.2. The van der Waals surface area contributed by atoms with Gasteiger partial charge in [0, 0.05) is 5.92 Å². The minimum Gasteiger partial charge on any atom is -0.424 e. The highest BCUT2D eigenvalue weighted by molar-refractivity contribution is 5.79. The second-order valence-electron chi connectivity index (χ2n) is 6.73. The van der Waals surface area contributed by atoms with Gasteiger partial charge in [0.05, 0.1) is 23.8 Å². The number of alkyl halides is 3. The van der Waals surface area contributed by atoms with Crippen molar-refractivity contribution in [1.29, 1.82) is 0 Å². The molecule has 0 atom stereocenters. The van der Waals surface area contributed by atoms with E-state index in [-0.39, 0.29) is 17.9 Å². The molecule has 3 aromatic rings. The van der Waals surface area contributed by atoms with Gasteiger partial charge in [-0.1, -0.05) is 0 Å². The largest absolute Gasteiger partial charge is 0.433 e. The number of aromatic nitrogens is 4. The van der Waals surface area contributed by atoms with Gasteiger partial charge < -0.3 is 10.5 Å². The number of hydrogen-bond donors (Lipinski definition) is 1. The maximum absolute atomic E-state index is 13.1. The molecule has 1 aliphatic rings. The molecule has 29 heavy (non-hydrogen) atoms. The highest BCUT2D eigenvalue weighted by atomic mass is 19.4. The first-order valence-corrected chi connectivity index (χ1v) is 8.88. The average molecular weight is 402 g/mol. The Hall–Kier alpha value is -3.43. The van der Waals surface area contributed by atoms with Gasteiger partial charge >= 0.3 is 12.2 Å². The molecule has 0 amide bonds. The van der Waals surface area contributed by atoms with Crippen LogP contribution in [0, 0.1) is 6.92 Å². The molecule has 0 saturated heterocycles. The molecule has 1 fully saturated rings. The zero-order chi connectivity index (χ0) is 20.6. The van der Waals surface area contributed by atoms with Crippen LogP contribution in [0.4, 0.5) is 19.1 Å². The lowest BCUT2D eigenvalue weighted by molar-refractivity contribution is -0.141. The standard InChI is InChI=1S/C19H17F3N6O/c1-11-10-28(17(23)25-11)24-9-12-2-6-14(7-3-12)29-18-26-15(13-4-5-13)8-16(27-18)19(20,21)22/h2-3,6-10,13H,4-5H2,1H3,(H2,23,25). The predicted octanol–water partition coefficient (Wildman–Crippen LogP) is 4.13. The van der Waals surface area contributed by atoms with Crippen LogP contribution in [0.15, 0.2) is 41.6 Å². The van der Waals surface area contributed by atoms with Gasteiger partial charge in [0.25, 0.3) is 0 Å². The van der Waals surface area contributed by atoms with Gasteiger partial charge in [-0.2, -0.15) is 28.2 Å². The van der Waals surface area contributed by atoms with Crippen molar-refractivity contribution in [2.75, 3.05) is 5.73 Å². The summed E-state index contributed by atoms with van der Waals surface area (Å²) in [4.78, 5) is 11.7. The van der Waals surface area contributed by atoms with Crippen molar-refractivity contribution in [1.82, 2.24) is 19.6 Å². The first kappa shape index (κ1) is 18.9. The third-order valence-electron chi connectivity index (χ3n) is 4.27. The Morgan fingerprint density at radius 1 is 1.17 bits per heavy atom. The molecule has 10 heteroatoms. The zero-order valence-electron chi connectivity index (χ0n) is 15.4. The number of imidazole rings is 1. The predicted molar refractivity (Wildman–Crippen MR) is 99.9 cm³/mol. The summed E-state index contributed by atoms with van der Waals surface area (Å²) in [5.41, 5.74) is 6.57. The van der Waals surface area contributed by atoms with Crippen molar-refractivity contribution >= 4 is 12.2 Å². The molecule has 2 aromatic heterocycles. The van der Waals surface area contributed by atoms with Gasteiger partial charge in [0.2, 0.25) is 5.95 Å². The quantitative estimate of drug-likeness (QED) is 0.648. The lowest BCUT2D eigenvalue weighted by Crippen LogP contribution is -2.11. The Balaban J connectivity index is 1.51. The molecule has 1 aromatic carbocycles. The van der Waals surface area contributed by atoms with E-state index in [4.69, 9.17) is 10.5 Å². The molecule has 4 rings (SSSR count). The number of nitrogens with two attached hydrogens (primary N) is 1. The van der Waals surface area contributed by atoms with Crippen LogP contribution in [-0.2, 0) is 6.18 Å². The highest BCUT2D eigenvalue weighted by Crippen LogP contribution is 2.41. The summed E-state index contributed by atoms with van der Waals surface area (Å²) in [7, 11) is 0. The van der Waals surface area contributed by atoms with Crippen molar-refractivity contribution in [3.05, 3.63) is 59.2 Å². The maximum atomic E-state index is 13.1. The van der Waals surface area contributed by atoms with Crippen LogP contribution in [-0.4, -0.2) is 25.8 Å². The first-order valence-electron chi connectivity index (χ1n) is 8.88. The van der Waals surface area contributed by atoms with Gasteiger partial charge in [0.1, 0.15) is 5.75 Å². The smallest absolute Gasteiger partial charge is 0.424 e. The van der Waals surface area contributed by atoms with E-state index in [1.54, 1.807) is 43.6 Å². The van der Waals surface area contributed by atoms with Crippen LogP contribution < -0.4 is 10.5 Å². The van der Waals surface area contributed by atoms with Crippen molar-refractivity contribution in [3.8, 4) is 11.8 Å². The van der Waals surface area contributed by atoms with Crippen molar-refractivity contribution in [2.45, 2.75) is 31.9 Å². The molecule has 0 unspecified atom stereocenters. The first-order chi connectivity index (χ1) is 13.8. The summed E-state index contributed by atoms with van der Waals surface area (Å²) in [6.07, 6.45) is 0.350. The van der Waals surface area contributed by atoms with Crippen molar-refractivity contribution in [2.24, 2.45) is 5.10 Å². The summed E-state index contributed by atoms with van der Waals surface area (Å²) >= 11 is 0. The van der Waals surface area contributed by atoms with E-state index in [1.807, 2.05) is 0 Å². The molecular weight excluding hydrogens is 385 g/mol. The normalized spacial score (nSPS) is 14.5. The molecule has 1 saturated carbocycles. The van der Waals surface area contributed by atoms with Crippen LogP contribution in [0.1, 0.15) is 41.4 Å². The molecule has 0 spiro atoms. The lowest BCUT2D eigenvalue weighted by Gasteiger charge is -2.10. The summed E-state index contributed by atoms with van der Waals surface area (Å²) in [6, 6.07) is 7.29. The van der Waals surface area contributed by atoms with Crippen LogP contribution in [0.5, 0.6) is 11.8 Å². The van der Waals surface area contributed by atoms with E-state index in [2.05, 4.69) is 20.1 Å². The molecular formula is C19H17F3N6O. The van der Waals surface area contributed by atoms with E-state index in [1.165, 1.54) is 4.68 Å². The van der Waals surface area contributed by atoms with Crippen LogP contribution in [0.2, 0.25) is 0 Å². The van der Waals surface area contributed by atoms with Crippen molar-refractivity contribution in [3.63, 3.8) is 0 Å². The van der Waals surface area contributed by atoms with E-state index in [9.17, 15) is 13.2 Å². The van der Waals surface area contributed by atoms with Gasteiger partial charge in [-0.05, 0) is 55.7 Å². The molecule has 2 heterocycles. The monoisotopic (exact) mass is 402 g/mol. The Morgan fingerprint density at radius 2 is 1.90 bits per heavy atom. The van der Waals surface area contributed by atoms with E-state index in [0.717, 1.165) is 30.2 Å². The second-order valence-corrected chi connectivity index (χ2v) is 6.73. The Morgan fingerprint density at radius 3 is 2.48 bits per heavy atom. The number of benzene rings is 1.